The maximum absolute atomic E-state index is 11.9. The van der Waals surface area contributed by atoms with Gasteiger partial charge in [0, 0.05) is 18.4 Å². The standard InChI is InChI=1S/C13H17BrN4OS/c1-20(19)12-7-11(16-9-5-3-2-4-6-9)17-13-10(14)8-15-18(12)13/h7-9H,2-6H2,1H3,(H,16,17). The van der Waals surface area contributed by atoms with Crippen molar-refractivity contribution < 1.29 is 4.21 Å². The third-order valence-corrected chi connectivity index (χ3v) is 5.09. The summed E-state index contributed by atoms with van der Waals surface area (Å²) in [6.07, 6.45) is 9.56. The summed E-state index contributed by atoms with van der Waals surface area (Å²) in [5, 5.41) is 8.36. The van der Waals surface area contributed by atoms with Gasteiger partial charge in [-0.25, -0.2) is 9.50 Å². The molecule has 20 heavy (non-hydrogen) atoms. The van der Waals surface area contributed by atoms with E-state index in [1.807, 2.05) is 6.07 Å². The molecule has 1 aliphatic rings. The molecule has 7 heteroatoms. The lowest BCUT2D eigenvalue weighted by Gasteiger charge is -2.23. The van der Waals surface area contributed by atoms with Crippen molar-refractivity contribution in [3.63, 3.8) is 0 Å². The van der Waals surface area contributed by atoms with Crippen LogP contribution < -0.4 is 5.32 Å². The number of anilines is 1. The van der Waals surface area contributed by atoms with Crippen molar-refractivity contribution in [2.45, 2.75) is 43.2 Å². The van der Waals surface area contributed by atoms with Gasteiger partial charge in [-0.2, -0.15) is 5.10 Å². The minimum atomic E-state index is -1.11. The average Bonchev–Trinajstić information content (AvgIpc) is 2.81. The number of nitrogens with one attached hydrogen (secondary N) is 1. The Morgan fingerprint density at radius 2 is 2.15 bits per heavy atom. The van der Waals surface area contributed by atoms with Crippen molar-refractivity contribution in [1.82, 2.24) is 14.6 Å². The molecule has 1 aliphatic carbocycles. The normalized spacial score (nSPS) is 18.3. The van der Waals surface area contributed by atoms with Gasteiger partial charge in [-0.05, 0) is 28.8 Å². The quantitative estimate of drug-likeness (QED) is 0.858. The first-order valence-corrected chi connectivity index (χ1v) is 9.14. The zero-order valence-electron chi connectivity index (χ0n) is 11.3. The van der Waals surface area contributed by atoms with Crippen LogP contribution in [0.3, 0.4) is 0 Å². The van der Waals surface area contributed by atoms with Gasteiger partial charge >= 0.3 is 0 Å². The molecule has 0 spiro atoms. The SMILES string of the molecule is CS(=O)c1cc(NC2CCCCC2)nc2c(Br)cnn12. The molecule has 2 aromatic heterocycles. The van der Waals surface area contributed by atoms with E-state index < -0.39 is 10.8 Å². The topological polar surface area (TPSA) is 59.3 Å². The zero-order valence-corrected chi connectivity index (χ0v) is 13.7. The fraction of sp³-hybridized carbons (Fsp3) is 0.538. The molecule has 5 nitrogen and oxygen atoms in total. The molecule has 1 fully saturated rings. The van der Waals surface area contributed by atoms with Gasteiger partial charge < -0.3 is 5.32 Å². The van der Waals surface area contributed by atoms with E-state index in [1.54, 1.807) is 17.0 Å². The van der Waals surface area contributed by atoms with Gasteiger partial charge in [0.15, 0.2) is 5.65 Å². The molecule has 0 aromatic carbocycles. The number of halogens is 1. The first-order valence-electron chi connectivity index (χ1n) is 6.79. The van der Waals surface area contributed by atoms with Crippen LogP contribution in [0.5, 0.6) is 0 Å². The lowest BCUT2D eigenvalue weighted by Crippen LogP contribution is -2.23. The van der Waals surface area contributed by atoms with Gasteiger partial charge in [0.25, 0.3) is 0 Å². The van der Waals surface area contributed by atoms with E-state index in [4.69, 9.17) is 0 Å². The average molecular weight is 357 g/mol. The van der Waals surface area contributed by atoms with Crippen molar-refractivity contribution in [1.29, 1.82) is 0 Å². The Kier molecular flexibility index (Phi) is 4.07. The van der Waals surface area contributed by atoms with E-state index in [2.05, 4.69) is 31.3 Å². The summed E-state index contributed by atoms with van der Waals surface area (Å²) < 4.78 is 14.3. The van der Waals surface area contributed by atoms with Gasteiger partial charge in [0.05, 0.1) is 21.5 Å². The minimum Gasteiger partial charge on any atom is -0.367 e. The van der Waals surface area contributed by atoms with E-state index >= 15 is 0 Å². The van der Waals surface area contributed by atoms with Gasteiger partial charge in [0.2, 0.25) is 0 Å². The van der Waals surface area contributed by atoms with E-state index in [-0.39, 0.29) is 0 Å². The maximum Gasteiger partial charge on any atom is 0.172 e. The van der Waals surface area contributed by atoms with E-state index in [9.17, 15) is 4.21 Å². The molecule has 2 aromatic rings. The number of aromatic nitrogens is 3. The number of hydrogen-bond acceptors (Lipinski definition) is 4. The summed E-state index contributed by atoms with van der Waals surface area (Å²) in [6, 6.07) is 2.32. The first kappa shape index (κ1) is 14.0. The lowest BCUT2D eigenvalue weighted by atomic mass is 9.95. The highest BCUT2D eigenvalue weighted by Gasteiger charge is 2.17. The monoisotopic (exact) mass is 356 g/mol. The number of hydrogen-bond donors (Lipinski definition) is 1. The Hall–Kier alpha value is -0.950. The van der Waals surface area contributed by atoms with Gasteiger partial charge in [0.1, 0.15) is 10.8 Å². The first-order chi connectivity index (χ1) is 9.65. The Bertz CT molecular complexity index is 651. The number of nitrogens with zero attached hydrogens (tertiary/aromatic N) is 3. The molecule has 0 aliphatic heterocycles. The smallest absolute Gasteiger partial charge is 0.172 e. The van der Waals surface area contributed by atoms with Gasteiger partial charge in [-0.1, -0.05) is 19.3 Å². The summed E-state index contributed by atoms with van der Waals surface area (Å²) >= 11 is 3.44. The minimum absolute atomic E-state index is 0.471. The predicted molar refractivity (Wildman–Crippen MR) is 83.5 cm³/mol. The molecule has 3 rings (SSSR count). The summed E-state index contributed by atoms with van der Waals surface area (Å²) in [5.74, 6) is 0.788. The van der Waals surface area contributed by atoms with E-state index in [1.165, 1.54) is 32.1 Å². The number of rotatable bonds is 3. The van der Waals surface area contributed by atoms with Crippen molar-refractivity contribution in [2.24, 2.45) is 0 Å². The molecule has 1 N–H and O–H groups in total. The van der Waals surface area contributed by atoms with Crippen molar-refractivity contribution in [3.05, 3.63) is 16.7 Å². The molecule has 108 valence electrons. The largest absolute Gasteiger partial charge is 0.367 e. The highest BCUT2D eigenvalue weighted by Crippen LogP contribution is 2.24. The van der Waals surface area contributed by atoms with Crippen LogP contribution in [0.25, 0.3) is 5.65 Å². The molecule has 1 saturated carbocycles. The third-order valence-electron chi connectivity index (χ3n) is 3.65. The Labute approximate surface area is 128 Å². The molecule has 1 unspecified atom stereocenters. The van der Waals surface area contributed by atoms with E-state index in [0.29, 0.717) is 16.7 Å². The summed E-state index contributed by atoms with van der Waals surface area (Å²) in [6.45, 7) is 0. The van der Waals surface area contributed by atoms with Crippen LogP contribution in [0.2, 0.25) is 0 Å². The van der Waals surface area contributed by atoms with Crippen LogP contribution in [0.4, 0.5) is 5.82 Å². The summed E-state index contributed by atoms with van der Waals surface area (Å²) in [4.78, 5) is 4.58. The summed E-state index contributed by atoms with van der Waals surface area (Å²) in [5.41, 5.74) is 0.705. The molecular weight excluding hydrogens is 340 g/mol. The third kappa shape index (κ3) is 2.74. The zero-order chi connectivity index (χ0) is 14.1. The van der Waals surface area contributed by atoms with Crippen molar-refractivity contribution in [3.8, 4) is 0 Å². The second kappa shape index (κ2) is 5.81. The van der Waals surface area contributed by atoms with Crippen LogP contribution in [0, 0.1) is 0 Å². The van der Waals surface area contributed by atoms with E-state index in [0.717, 1.165) is 10.3 Å². The molecular formula is C13H17BrN4OS. The predicted octanol–water partition coefficient (Wildman–Crippen LogP) is 2.97. The molecule has 0 amide bonds. The Morgan fingerprint density at radius 3 is 2.85 bits per heavy atom. The summed E-state index contributed by atoms with van der Waals surface area (Å²) in [7, 11) is -1.11. The van der Waals surface area contributed by atoms with Crippen LogP contribution in [-0.4, -0.2) is 31.1 Å². The molecule has 0 bridgehead atoms. The van der Waals surface area contributed by atoms with Crippen LogP contribution in [0.15, 0.2) is 21.8 Å². The van der Waals surface area contributed by atoms with Crippen molar-refractivity contribution in [2.75, 3.05) is 11.6 Å². The van der Waals surface area contributed by atoms with Gasteiger partial charge in [-0.15, -0.1) is 0 Å². The second-order valence-electron chi connectivity index (χ2n) is 5.14. The van der Waals surface area contributed by atoms with Crippen LogP contribution >= 0.6 is 15.9 Å². The molecule has 0 saturated heterocycles. The fourth-order valence-electron chi connectivity index (χ4n) is 2.64. The maximum atomic E-state index is 11.9. The van der Waals surface area contributed by atoms with Gasteiger partial charge in [-0.3, -0.25) is 4.21 Å². The number of fused-ring (bicyclic) bond motifs is 1. The molecule has 0 radical (unpaired) electrons. The second-order valence-corrected chi connectivity index (χ2v) is 7.32. The van der Waals surface area contributed by atoms with Crippen LogP contribution in [-0.2, 0) is 10.8 Å². The lowest BCUT2D eigenvalue weighted by molar-refractivity contribution is 0.461. The fourth-order valence-corrected chi connectivity index (χ4v) is 3.65. The highest BCUT2D eigenvalue weighted by molar-refractivity contribution is 9.10. The highest BCUT2D eigenvalue weighted by atomic mass is 79.9. The Morgan fingerprint density at radius 1 is 1.40 bits per heavy atom. The van der Waals surface area contributed by atoms with Crippen molar-refractivity contribution >= 4 is 38.2 Å². The Balaban J connectivity index is 1.98. The molecule has 1 atom stereocenters. The van der Waals surface area contributed by atoms with Crippen LogP contribution in [0.1, 0.15) is 32.1 Å². The molecule has 2 heterocycles.